The fourth-order valence-corrected chi connectivity index (χ4v) is 3.03. The van der Waals surface area contributed by atoms with Crippen LogP contribution < -0.4 is 15.5 Å². The molecular formula is C20H25N3O. The van der Waals surface area contributed by atoms with Gasteiger partial charge in [-0.25, -0.2) is 0 Å². The van der Waals surface area contributed by atoms with Gasteiger partial charge in [-0.05, 0) is 68.1 Å². The van der Waals surface area contributed by atoms with Crippen LogP contribution in [0.15, 0.2) is 42.5 Å². The summed E-state index contributed by atoms with van der Waals surface area (Å²) in [5, 5.41) is 6.15. The Labute approximate surface area is 143 Å². The van der Waals surface area contributed by atoms with Crippen molar-refractivity contribution >= 4 is 23.0 Å². The van der Waals surface area contributed by atoms with Crippen molar-refractivity contribution < 1.29 is 4.79 Å². The monoisotopic (exact) mass is 323 g/mol. The van der Waals surface area contributed by atoms with Gasteiger partial charge in [0.25, 0.3) is 0 Å². The molecule has 0 saturated carbocycles. The highest BCUT2D eigenvalue weighted by molar-refractivity contribution is 5.94. The van der Waals surface area contributed by atoms with Gasteiger partial charge in [0.05, 0.1) is 6.54 Å². The highest BCUT2D eigenvalue weighted by Crippen LogP contribution is 2.22. The summed E-state index contributed by atoms with van der Waals surface area (Å²) < 4.78 is 0. The van der Waals surface area contributed by atoms with E-state index in [1.807, 2.05) is 44.2 Å². The molecule has 0 aromatic heterocycles. The molecule has 126 valence electrons. The Balaban J connectivity index is 1.53. The van der Waals surface area contributed by atoms with Gasteiger partial charge >= 0.3 is 0 Å². The fraction of sp³-hybridized carbons (Fsp3) is 0.350. The highest BCUT2D eigenvalue weighted by Gasteiger charge is 2.12. The van der Waals surface area contributed by atoms with E-state index in [1.165, 1.54) is 24.1 Å². The lowest BCUT2D eigenvalue weighted by Gasteiger charge is -2.18. The molecule has 1 aliphatic heterocycles. The Morgan fingerprint density at radius 2 is 1.75 bits per heavy atom. The smallest absolute Gasteiger partial charge is 0.243 e. The van der Waals surface area contributed by atoms with Gasteiger partial charge in [0.2, 0.25) is 5.91 Å². The number of carbonyl (C=O) groups excluding carboxylic acids is 1. The lowest BCUT2D eigenvalue weighted by molar-refractivity contribution is -0.114. The van der Waals surface area contributed by atoms with Gasteiger partial charge < -0.3 is 15.5 Å². The molecule has 1 heterocycles. The van der Waals surface area contributed by atoms with Gasteiger partial charge in [0.15, 0.2) is 0 Å². The molecule has 24 heavy (non-hydrogen) atoms. The lowest BCUT2D eigenvalue weighted by Crippen LogP contribution is -2.22. The number of hydrogen-bond acceptors (Lipinski definition) is 3. The third-order valence-corrected chi connectivity index (χ3v) is 4.67. The molecule has 0 spiro atoms. The molecule has 4 nitrogen and oxygen atoms in total. The first-order chi connectivity index (χ1) is 11.6. The van der Waals surface area contributed by atoms with Gasteiger partial charge in [-0.15, -0.1) is 0 Å². The summed E-state index contributed by atoms with van der Waals surface area (Å²) in [6, 6.07) is 14.3. The standard InChI is InChI=1S/C20H25N3O/c1-15-6-5-7-19(16(15)2)22-20(24)14-21-17-8-10-18(11-9-17)23-12-3-4-13-23/h5-11,21H,3-4,12-14H2,1-2H3,(H,22,24). The minimum atomic E-state index is -0.0349. The van der Waals surface area contributed by atoms with E-state index in [2.05, 4.69) is 27.7 Å². The summed E-state index contributed by atoms with van der Waals surface area (Å²) in [5.41, 5.74) is 5.40. The number of benzene rings is 2. The fourth-order valence-electron chi connectivity index (χ4n) is 3.03. The normalized spacial score (nSPS) is 13.8. The molecule has 1 fully saturated rings. The molecule has 0 radical (unpaired) electrons. The summed E-state index contributed by atoms with van der Waals surface area (Å²) in [6.07, 6.45) is 2.55. The van der Waals surface area contributed by atoms with Crippen molar-refractivity contribution in [2.75, 3.05) is 35.2 Å². The molecule has 2 N–H and O–H groups in total. The molecule has 3 rings (SSSR count). The summed E-state index contributed by atoms with van der Waals surface area (Å²) >= 11 is 0. The van der Waals surface area contributed by atoms with E-state index in [0.717, 1.165) is 30.0 Å². The van der Waals surface area contributed by atoms with Crippen molar-refractivity contribution in [2.24, 2.45) is 0 Å². The van der Waals surface area contributed by atoms with E-state index < -0.39 is 0 Å². The zero-order valence-electron chi connectivity index (χ0n) is 14.4. The summed E-state index contributed by atoms with van der Waals surface area (Å²) in [5.74, 6) is -0.0349. The summed E-state index contributed by atoms with van der Waals surface area (Å²) in [4.78, 5) is 14.5. The van der Waals surface area contributed by atoms with Gasteiger partial charge in [0, 0.05) is 30.2 Å². The lowest BCUT2D eigenvalue weighted by atomic mass is 10.1. The highest BCUT2D eigenvalue weighted by atomic mass is 16.1. The zero-order valence-corrected chi connectivity index (χ0v) is 14.4. The van der Waals surface area contributed by atoms with Crippen LogP contribution in [0.4, 0.5) is 17.1 Å². The minimum Gasteiger partial charge on any atom is -0.376 e. The van der Waals surface area contributed by atoms with Crippen LogP contribution >= 0.6 is 0 Å². The van der Waals surface area contributed by atoms with E-state index in [9.17, 15) is 4.79 Å². The van der Waals surface area contributed by atoms with Gasteiger partial charge in [-0.3, -0.25) is 4.79 Å². The maximum atomic E-state index is 12.1. The number of anilines is 3. The Bertz CT molecular complexity index is 703. The Morgan fingerprint density at radius 1 is 1.04 bits per heavy atom. The average molecular weight is 323 g/mol. The van der Waals surface area contributed by atoms with Crippen LogP contribution in [-0.4, -0.2) is 25.5 Å². The van der Waals surface area contributed by atoms with E-state index in [0.29, 0.717) is 0 Å². The molecule has 1 amide bonds. The Hall–Kier alpha value is -2.49. The Morgan fingerprint density at radius 3 is 2.46 bits per heavy atom. The number of rotatable bonds is 5. The maximum absolute atomic E-state index is 12.1. The third-order valence-electron chi connectivity index (χ3n) is 4.67. The van der Waals surface area contributed by atoms with Crippen LogP contribution in [0, 0.1) is 13.8 Å². The Kier molecular flexibility index (Phi) is 5.04. The molecule has 0 aliphatic carbocycles. The molecule has 4 heteroatoms. The van der Waals surface area contributed by atoms with E-state index in [1.54, 1.807) is 0 Å². The van der Waals surface area contributed by atoms with Crippen molar-refractivity contribution in [1.29, 1.82) is 0 Å². The van der Waals surface area contributed by atoms with Crippen LogP contribution in [0.3, 0.4) is 0 Å². The van der Waals surface area contributed by atoms with Gasteiger partial charge in [-0.2, -0.15) is 0 Å². The van der Waals surface area contributed by atoms with Crippen molar-refractivity contribution in [3.63, 3.8) is 0 Å². The first-order valence-corrected chi connectivity index (χ1v) is 8.58. The number of hydrogen-bond donors (Lipinski definition) is 2. The van der Waals surface area contributed by atoms with Crippen molar-refractivity contribution in [3.05, 3.63) is 53.6 Å². The summed E-state index contributed by atoms with van der Waals surface area (Å²) in [7, 11) is 0. The largest absolute Gasteiger partial charge is 0.376 e. The quantitative estimate of drug-likeness (QED) is 0.875. The molecular weight excluding hydrogens is 298 g/mol. The van der Waals surface area contributed by atoms with Crippen LogP contribution in [0.5, 0.6) is 0 Å². The maximum Gasteiger partial charge on any atom is 0.243 e. The molecule has 1 saturated heterocycles. The number of nitrogens with one attached hydrogen (secondary N) is 2. The van der Waals surface area contributed by atoms with Crippen molar-refractivity contribution in [2.45, 2.75) is 26.7 Å². The second kappa shape index (κ2) is 7.39. The first-order valence-electron chi connectivity index (χ1n) is 8.58. The molecule has 2 aromatic carbocycles. The van der Waals surface area contributed by atoms with Crippen LogP contribution in [0.25, 0.3) is 0 Å². The first kappa shape index (κ1) is 16.4. The van der Waals surface area contributed by atoms with Gasteiger partial charge in [0.1, 0.15) is 0 Å². The van der Waals surface area contributed by atoms with Crippen molar-refractivity contribution in [1.82, 2.24) is 0 Å². The average Bonchev–Trinajstić information content (AvgIpc) is 3.12. The molecule has 2 aromatic rings. The summed E-state index contributed by atoms with van der Waals surface area (Å²) in [6.45, 7) is 6.62. The second-order valence-electron chi connectivity index (χ2n) is 6.39. The third kappa shape index (κ3) is 3.88. The topological polar surface area (TPSA) is 44.4 Å². The van der Waals surface area contributed by atoms with E-state index >= 15 is 0 Å². The van der Waals surface area contributed by atoms with Crippen LogP contribution in [0.2, 0.25) is 0 Å². The number of carbonyl (C=O) groups is 1. The molecule has 0 unspecified atom stereocenters. The van der Waals surface area contributed by atoms with Crippen LogP contribution in [0.1, 0.15) is 24.0 Å². The molecule has 0 bridgehead atoms. The molecule has 0 atom stereocenters. The van der Waals surface area contributed by atoms with Gasteiger partial charge in [-0.1, -0.05) is 12.1 Å². The molecule has 1 aliphatic rings. The predicted octanol–water partition coefficient (Wildman–Crippen LogP) is 3.95. The van der Waals surface area contributed by atoms with E-state index in [4.69, 9.17) is 0 Å². The minimum absolute atomic E-state index is 0.0349. The zero-order chi connectivity index (χ0) is 16.9. The van der Waals surface area contributed by atoms with Crippen molar-refractivity contribution in [3.8, 4) is 0 Å². The number of amides is 1. The number of aryl methyl sites for hydroxylation is 1. The predicted molar refractivity (Wildman–Crippen MR) is 101 cm³/mol. The second-order valence-corrected chi connectivity index (χ2v) is 6.39. The number of nitrogens with zero attached hydrogens (tertiary/aromatic N) is 1. The SMILES string of the molecule is Cc1cccc(NC(=O)CNc2ccc(N3CCCC3)cc2)c1C. The van der Waals surface area contributed by atoms with E-state index in [-0.39, 0.29) is 12.5 Å². The van der Waals surface area contributed by atoms with Crippen LogP contribution in [-0.2, 0) is 4.79 Å².